The molecule has 0 aliphatic heterocycles. The molecule has 0 spiro atoms. The highest BCUT2D eigenvalue weighted by molar-refractivity contribution is 7.90. The highest BCUT2D eigenvalue weighted by atomic mass is 35.5. The zero-order valence-electron chi connectivity index (χ0n) is 14.0. The van der Waals surface area contributed by atoms with Crippen molar-refractivity contribution in [1.29, 1.82) is 0 Å². The fourth-order valence-electron chi connectivity index (χ4n) is 2.36. The van der Waals surface area contributed by atoms with Gasteiger partial charge in [0.05, 0.1) is 9.79 Å². The normalized spacial score (nSPS) is 12.0. The lowest BCUT2D eigenvalue weighted by atomic mass is 10.1. The van der Waals surface area contributed by atoms with Crippen LogP contribution in [0.5, 0.6) is 0 Å². The molecule has 0 aromatic heterocycles. The molecule has 0 atom stereocenters. The molecule has 0 amide bonds. The summed E-state index contributed by atoms with van der Waals surface area (Å²) in [6.45, 7) is 0.529. The third-order valence-corrected chi connectivity index (χ3v) is 6.45. The maximum absolute atomic E-state index is 12.9. The van der Waals surface area contributed by atoms with Crippen LogP contribution in [0.3, 0.4) is 0 Å². The molecule has 144 valence electrons. The molecular weight excluding hydrogens is 398 g/mol. The predicted molar refractivity (Wildman–Crippen MR) is 103 cm³/mol. The minimum absolute atomic E-state index is 0. The second kappa shape index (κ2) is 9.45. The summed E-state index contributed by atoms with van der Waals surface area (Å²) >= 11 is 0. The van der Waals surface area contributed by atoms with Gasteiger partial charge in [-0.3, -0.25) is 0 Å². The Labute approximate surface area is 160 Å². The molecule has 0 bridgehead atoms. The van der Waals surface area contributed by atoms with Crippen molar-refractivity contribution in [3.63, 3.8) is 0 Å². The average Bonchev–Trinajstić information content (AvgIpc) is 2.58. The molecule has 0 saturated carbocycles. The van der Waals surface area contributed by atoms with E-state index in [-0.39, 0.29) is 41.8 Å². The second-order valence-corrected chi connectivity index (χ2v) is 8.95. The maximum Gasteiger partial charge on any atom is 0.243 e. The third kappa shape index (κ3) is 5.76. The van der Waals surface area contributed by atoms with Crippen molar-refractivity contribution < 1.29 is 16.8 Å². The smallest absolute Gasteiger partial charge is 0.243 e. The van der Waals surface area contributed by atoms with Gasteiger partial charge in [-0.1, -0.05) is 36.4 Å². The minimum atomic E-state index is -3.99. The van der Waals surface area contributed by atoms with Crippen LogP contribution in [-0.4, -0.2) is 40.8 Å². The predicted octanol–water partition coefficient (Wildman–Crippen LogP) is 0.948. The van der Waals surface area contributed by atoms with Gasteiger partial charge in [-0.25, -0.2) is 22.0 Å². The summed E-state index contributed by atoms with van der Waals surface area (Å²) in [5.74, 6) is 0. The molecule has 0 fully saturated rings. The Bertz CT molecular complexity index is 920. The summed E-state index contributed by atoms with van der Waals surface area (Å²) in [6.07, 6.45) is 0.523. The fraction of sp³-hybridized carbons (Fsp3) is 0.250. The van der Waals surface area contributed by atoms with E-state index in [2.05, 4.69) is 0 Å². The van der Waals surface area contributed by atoms with Crippen LogP contribution in [0.1, 0.15) is 5.56 Å². The van der Waals surface area contributed by atoms with E-state index in [1.165, 1.54) is 22.5 Å². The van der Waals surface area contributed by atoms with E-state index in [0.717, 1.165) is 11.6 Å². The van der Waals surface area contributed by atoms with Crippen LogP contribution in [0.25, 0.3) is 0 Å². The Hall–Kier alpha value is -1.49. The summed E-state index contributed by atoms with van der Waals surface area (Å²) in [5.41, 5.74) is 6.55. The van der Waals surface area contributed by atoms with Gasteiger partial charge >= 0.3 is 0 Å². The summed E-state index contributed by atoms with van der Waals surface area (Å²) in [6, 6.07) is 14.5. The number of hydrogen-bond donors (Lipinski definition) is 2. The van der Waals surface area contributed by atoms with Gasteiger partial charge in [0.2, 0.25) is 20.0 Å². The molecule has 2 aromatic carbocycles. The molecule has 0 radical (unpaired) electrons. The van der Waals surface area contributed by atoms with Crippen molar-refractivity contribution in [2.75, 3.05) is 19.6 Å². The van der Waals surface area contributed by atoms with E-state index in [1.807, 2.05) is 30.3 Å². The minimum Gasteiger partial charge on any atom is -0.329 e. The lowest BCUT2D eigenvalue weighted by molar-refractivity contribution is 0.421. The first-order valence-corrected chi connectivity index (χ1v) is 10.6. The summed E-state index contributed by atoms with van der Waals surface area (Å²) in [7, 11) is -7.87. The van der Waals surface area contributed by atoms with E-state index >= 15 is 0 Å². The van der Waals surface area contributed by atoms with Crippen molar-refractivity contribution >= 4 is 32.5 Å². The van der Waals surface area contributed by atoms with Gasteiger partial charge in [-0.05, 0) is 30.2 Å². The van der Waals surface area contributed by atoms with E-state index < -0.39 is 20.0 Å². The van der Waals surface area contributed by atoms with E-state index in [1.54, 1.807) is 0 Å². The molecule has 2 rings (SSSR count). The summed E-state index contributed by atoms with van der Waals surface area (Å²) < 4.78 is 49.9. The number of nitrogens with two attached hydrogens (primary N) is 2. The van der Waals surface area contributed by atoms with Crippen LogP contribution in [0.4, 0.5) is 0 Å². The van der Waals surface area contributed by atoms with Crippen molar-refractivity contribution in [1.82, 2.24) is 4.31 Å². The molecule has 7 nitrogen and oxygen atoms in total. The molecule has 0 unspecified atom stereocenters. The largest absolute Gasteiger partial charge is 0.329 e. The maximum atomic E-state index is 12.9. The number of hydrogen-bond acceptors (Lipinski definition) is 5. The molecule has 4 N–H and O–H groups in total. The summed E-state index contributed by atoms with van der Waals surface area (Å²) in [4.78, 5) is -0.370. The van der Waals surface area contributed by atoms with Crippen LogP contribution >= 0.6 is 12.4 Å². The van der Waals surface area contributed by atoms with E-state index in [4.69, 9.17) is 10.9 Å². The van der Waals surface area contributed by atoms with Gasteiger partial charge in [0, 0.05) is 19.6 Å². The van der Waals surface area contributed by atoms with Crippen molar-refractivity contribution in [3.8, 4) is 0 Å². The number of benzene rings is 2. The highest BCUT2D eigenvalue weighted by Gasteiger charge is 2.25. The van der Waals surface area contributed by atoms with Crippen molar-refractivity contribution in [2.45, 2.75) is 16.2 Å². The summed E-state index contributed by atoms with van der Waals surface area (Å²) in [5, 5.41) is 5.08. The van der Waals surface area contributed by atoms with E-state index in [0.29, 0.717) is 6.42 Å². The monoisotopic (exact) mass is 419 g/mol. The SMILES string of the molecule is Cl.NCCN(CCc1ccccc1)S(=O)(=O)c1cccc(S(N)(=O)=O)c1. The lowest BCUT2D eigenvalue weighted by Crippen LogP contribution is -2.37. The molecule has 0 saturated heterocycles. The molecular formula is C16H22ClN3O4S2. The fourth-order valence-corrected chi connectivity index (χ4v) is 4.49. The Morgan fingerprint density at radius 1 is 0.846 bits per heavy atom. The Kier molecular flexibility index (Phi) is 8.19. The van der Waals surface area contributed by atoms with Gasteiger partial charge in [-0.2, -0.15) is 4.31 Å². The number of primary sulfonamides is 1. The third-order valence-electron chi connectivity index (χ3n) is 3.64. The number of halogens is 1. The topological polar surface area (TPSA) is 124 Å². The number of nitrogens with zero attached hydrogens (tertiary/aromatic N) is 1. The van der Waals surface area contributed by atoms with Crippen LogP contribution in [0, 0.1) is 0 Å². The molecule has 0 aliphatic carbocycles. The van der Waals surface area contributed by atoms with Crippen molar-refractivity contribution in [3.05, 3.63) is 60.2 Å². The van der Waals surface area contributed by atoms with E-state index in [9.17, 15) is 16.8 Å². The Balaban J connectivity index is 0.00000338. The standard InChI is InChI=1S/C16H21N3O4S2.ClH/c17-10-12-19(11-9-14-5-2-1-3-6-14)25(22,23)16-8-4-7-15(13-16)24(18,20)21;/h1-8,13H,9-12,17H2,(H2,18,20,21);1H. The first-order chi connectivity index (χ1) is 11.7. The zero-order valence-corrected chi connectivity index (χ0v) is 16.4. The van der Waals surface area contributed by atoms with Crippen LogP contribution in [0.15, 0.2) is 64.4 Å². The zero-order chi connectivity index (χ0) is 18.5. The number of sulfonamides is 2. The van der Waals surface area contributed by atoms with Gasteiger partial charge in [-0.15, -0.1) is 12.4 Å². The lowest BCUT2D eigenvalue weighted by Gasteiger charge is -2.22. The first-order valence-electron chi connectivity index (χ1n) is 7.62. The van der Waals surface area contributed by atoms with Gasteiger partial charge in [0.25, 0.3) is 0 Å². The Morgan fingerprint density at radius 3 is 2.04 bits per heavy atom. The van der Waals surface area contributed by atoms with Gasteiger partial charge in [0.15, 0.2) is 0 Å². The van der Waals surface area contributed by atoms with Crippen LogP contribution in [0.2, 0.25) is 0 Å². The van der Waals surface area contributed by atoms with Gasteiger partial charge < -0.3 is 5.73 Å². The van der Waals surface area contributed by atoms with Crippen molar-refractivity contribution in [2.24, 2.45) is 10.9 Å². The van der Waals surface area contributed by atoms with Crippen LogP contribution < -0.4 is 10.9 Å². The molecule has 2 aromatic rings. The number of rotatable bonds is 8. The second-order valence-electron chi connectivity index (χ2n) is 5.45. The molecule has 0 aliphatic rings. The first kappa shape index (κ1) is 22.6. The van der Waals surface area contributed by atoms with Gasteiger partial charge in [0.1, 0.15) is 0 Å². The van der Waals surface area contributed by atoms with Crippen LogP contribution in [-0.2, 0) is 26.5 Å². The highest BCUT2D eigenvalue weighted by Crippen LogP contribution is 2.19. The molecule has 26 heavy (non-hydrogen) atoms. The Morgan fingerprint density at radius 2 is 1.46 bits per heavy atom. The molecule has 0 heterocycles. The molecule has 10 heteroatoms. The average molecular weight is 420 g/mol. The quantitative estimate of drug-likeness (QED) is 0.659.